The van der Waals surface area contributed by atoms with E-state index in [0.29, 0.717) is 16.5 Å². The minimum absolute atomic E-state index is 0.536. The Balaban J connectivity index is 0.000000873. The number of halogens is 1. The number of rotatable bonds is 3. The summed E-state index contributed by atoms with van der Waals surface area (Å²) in [6.45, 7) is 10.8. The standard InChI is InChI=1S/C11H14ClN3.C3H6/c1-5-9(7-15(3)4)11-10(12)6-13-8(2)14-11;1-3-2/h5-7H,1H2,2-4H3;3H,1H2,2H3/b9-7+;. The molecule has 18 heavy (non-hydrogen) atoms. The van der Waals surface area contributed by atoms with Crippen molar-refractivity contribution in [1.82, 2.24) is 14.9 Å². The van der Waals surface area contributed by atoms with Crippen molar-refractivity contribution in [1.29, 1.82) is 0 Å². The Hall–Kier alpha value is -1.61. The molecule has 0 aliphatic heterocycles. The number of nitrogens with zero attached hydrogens (tertiary/aromatic N) is 3. The van der Waals surface area contributed by atoms with Gasteiger partial charge < -0.3 is 4.90 Å². The molecule has 0 atom stereocenters. The maximum absolute atomic E-state index is 6.02. The van der Waals surface area contributed by atoms with Gasteiger partial charge in [0.25, 0.3) is 0 Å². The quantitative estimate of drug-likeness (QED) is 0.616. The SMILES string of the molecule is C=C/C(=C\N(C)C)c1nc(C)ncc1Cl.C=CC. The van der Waals surface area contributed by atoms with E-state index in [4.69, 9.17) is 11.6 Å². The molecule has 0 aliphatic carbocycles. The normalized spacial score (nSPS) is 10.2. The smallest absolute Gasteiger partial charge is 0.125 e. The molecule has 0 fully saturated rings. The molecule has 3 nitrogen and oxygen atoms in total. The fourth-order valence-electron chi connectivity index (χ4n) is 1.15. The van der Waals surface area contributed by atoms with E-state index in [1.807, 2.05) is 39.0 Å². The third-order valence-corrected chi connectivity index (χ3v) is 2.03. The van der Waals surface area contributed by atoms with Gasteiger partial charge in [0.05, 0.1) is 10.7 Å². The molecular weight excluding hydrogens is 246 g/mol. The first-order valence-corrected chi connectivity index (χ1v) is 5.91. The van der Waals surface area contributed by atoms with Crippen molar-refractivity contribution in [2.24, 2.45) is 0 Å². The maximum atomic E-state index is 6.02. The van der Waals surface area contributed by atoms with E-state index in [1.54, 1.807) is 18.3 Å². The number of aromatic nitrogens is 2. The summed E-state index contributed by atoms with van der Waals surface area (Å²) in [5, 5.41) is 0.536. The Bertz CT molecular complexity index is 437. The van der Waals surface area contributed by atoms with Gasteiger partial charge in [0.15, 0.2) is 0 Å². The summed E-state index contributed by atoms with van der Waals surface area (Å²) in [4.78, 5) is 10.2. The number of hydrogen-bond acceptors (Lipinski definition) is 3. The van der Waals surface area contributed by atoms with Gasteiger partial charge in [-0.2, -0.15) is 0 Å². The van der Waals surface area contributed by atoms with Gasteiger partial charge >= 0.3 is 0 Å². The summed E-state index contributed by atoms with van der Waals surface area (Å²) in [5.41, 5.74) is 1.60. The van der Waals surface area contributed by atoms with Crippen LogP contribution in [0.2, 0.25) is 5.02 Å². The fourth-order valence-corrected chi connectivity index (χ4v) is 1.35. The van der Waals surface area contributed by atoms with E-state index in [2.05, 4.69) is 23.1 Å². The molecule has 0 spiro atoms. The van der Waals surface area contributed by atoms with Gasteiger partial charge in [-0.15, -0.1) is 6.58 Å². The maximum Gasteiger partial charge on any atom is 0.125 e. The van der Waals surface area contributed by atoms with Crippen LogP contribution in [0.15, 0.2) is 37.7 Å². The third-order valence-electron chi connectivity index (χ3n) is 1.76. The minimum Gasteiger partial charge on any atom is -0.383 e. The second-order valence-corrected chi connectivity index (χ2v) is 4.18. The monoisotopic (exact) mass is 265 g/mol. The highest BCUT2D eigenvalue weighted by molar-refractivity contribution is 6.32. The molecule has 0 aromatic carbocycles. The molecule has 0 N–H and O–H groups in total. The van der Waals surface area contributed by atoms with Crippen LogP contribution in [0, 0.1) is 6.92 Å². The van der Waals surface area contributed by atoms with Crippen molar-refractivity contribution in [3.8, 4) is 0 Å². The molecule has 0 unspecified atom stereocenters. The topological polar surface area (TPSA) is 29.0 Å². The second kappa shape index (κ2) is 8.48. The summed E-state index contributed by atoms with van der Waals surface area (Å²) < 4.78 is 0. The van der Waals surface area contributed by atoms with E-state index in [9.17, 15) is 0 Å². The highest BCUT2D eigenvalue weighted by atomic mass is 35.5. The number of aryl methyl sites for hydroxylation is 1. The van der Waals surface area contributed by atoms with Gasteiger partial charge in [-0.1, -0.05) is 30.3 Å². The summed E-state index contributed by atoms with van der Waals surface area (Å²) >= 11 is 6.02. The lowest BCUT2D eigenvalue weighted by atomic mass is 10.2. The Kier molecular flexibility index (Phi) is 7.72. The van der Waals surface area contributed by atoms with Crippen LogP contribution in [0.1, 0.15) is 18.4 Å². The first kappa shape index (κ1) is 16.4. The Labute approximate surface area is 115 Å². The zero-order valence-corrected chi connectivity index (χ0v) is 12.2. The van der Waals surface area contributed by atoms with Crippen molar-refractivity contribution < 1.29 is 0 Å². The summed E-state index contributed by atoms with van der Waals surface area (Å²) in [6.07, 6.45) is 7.00. The fraction of sp³-hybridized carbons (Fsp3) is 0.286. The number of allylic oxidation sites excluding steroid dienone is 3. The highest BCUT2D eigenvalue weighted by Crippen LogP contribution is 2.21. The van der Waals surface area contributed by atoms with E-state index >= 15 is 0 Å². The van der Waals surface area contributed by atoms with Crippen LogP contribution < -0.4 is 0 Å². The van der Waals surface area contributed by atoms with Crippen molar-refractivity contribution in [2.75, 3.05) is 14.1 Å². The van der Waals surface area contributed by atoms with Gasteiger partial charge in [-0.05, 0) is 13.8 Å². The van der Waals surface area contributed by atoms with Crippen molar-refractivity contribution in [3.05, 3.63) is 54.2 Å². The first-order chi connectivity index (χ1) is 8.46. The second-order valence-electron chi connectivity index (χ2n) is 3.77. The predicted octanol–water partition coefficient (Wildman–Crippen LogP) is 3.72. The van der Waals surface area contributed by atoms with Crippen LogP contribution in [-0.4, -0.2) is 29.0 Å². The molecular formula is C14H20ClN3. The molecule has 1 aromatic rings. The van der Waals surface area contributed by atoms with Crippen LogP contribution in [0.25, 0.3) is 5.57 Å². The molecule has 0 radical (unpaired) electrons. The molecule has 0 bridgehead atoms. The average molecular weight is 266 g/mol. The zero-order chi connectivity index (χ0) is 14.1. The number of hydrogen-bond donors (Lipinski definition) is 0. The minimum atomic E-state index is 0.536. The van der Waals surface area contributed by atoms with Crippen molar-refractivity contribution >= 4 is 17.2 Å². The Morgan fingerprint density at radius 2 is 1.94 bits per heavy atom. The molecule has 1 rings (SSSR count). The molecule has 0 saturated carbocycles. The van der Waals surface area contributed by atoms with Crippen molar-refractivity contribution in [3.63, 3.8) is 0 Å². The molecule has 1 heterocycles. The molecule has 0 amide bonds. The van der Waals surface area contributed by atoms with E-state index in [0.717, 1.165) is 5.57 Å². The first-order valence-electron chi connectivity index (χ1n) is 5.53. The van der Waals surface area contributed by atoms with E-state index in [-0.39, 0.29) is 0 Å². The van der Waals surface area contributed by atoms with Gasteiger partial charge in [0.2, 0.25) is 0 Å². The van der Waals surface area contributed by atoms with E-state index < -0.39 is 0 Å². The van der Waals surface area contributed by atoms with Crippen LogP contribution in [0.5, 0.6) is 0 Å². The Morgan fingerprint density at radius 1 is 1.39 bits per heavy atom. The third kappa shape index (κ3) is 5.64. The van der Waals surface area contributed by atoms with Gasteiger partial charge in [0, 0.05) is 32.1 Å². The molecule has 0 saturated heterocycles. The van der Waals surface area contributed by atoms with Crippen LogP contribution >= 0.6 is 11.6 Å². The van der Waals surface area contributed by atoms with Crippen LogP contribution in [0.3, 0.4) is 0 Å². The zero-order valence-electron chi connectivity index (χ0n) is 11.4. The Morgan fingerprint density at radius 3 is 2.39 bits per heavy atom. The van der Waals surface area contributed by atoms with Gasteiger partial charge in [-0.25, -0.2) is 9.97 Å². The summed E-state index contributed by atoms with van der Waals surface area (Å²) in [7, 11) is 3.87. The molecule has 0 aliphatic rings. The molecule has 1 aromatic heterocycles. The van der Waals surface area contributed by atoms with Crippen molar-refractivity contribution in [2.45, 2.75) is 13.8 Å². The summed E-state index contributed by atoms with van der Waals surface area (Å²) in [6, 6.07) is 0. The van der Waals surface area contributed by atoms with Crippen LogP contribution in [0.4, 0.5) is 0 Å². The molecule has 4 heteroatoms. The highest BCUT2D eigenvalue weighted by Gasteiger charge is 2.06. The van der Waals surface area contributed by atoms with Crippen LogP contribution in [-0.2, 0) is 0 Å². The largest absolute Gasteiger partial charge is 0.383 e. The lowest BCUT2D eigenvalue weighted by Crippen LogP contribution is -2.03. The predicted molar refractivity (Wildman–Crippen MR) is 79.5 cm³/mol. The average Bonchev–Trinajstić information content (AvgIpc) is 2.30. The van der Waals surface area contributed by atoms with Gasteiger partial charge in [0.1, 0.15) is 5.82 Å². The lowest BCUT2D eigenvalue weighted by molar-refractivity contribution is 0.566. The van der Waals surface area contributed by atoms with Gasteiger partial charge in [-0.3, -0.25) is 0 Å². The van der Waals surface area contributed by atoms with E-state index in [1.165, 1.54) is 0 Å². The molecule has 98 valence electrons. The summed E-state index contributed by atoms with van der Waals surface area (Å²) in [5.74, 6) is 0.695. The lowest BCUT2D eigenvalue weighted by Gasteiger charge is -2.09.